The highest BCUT2D eigenvalue weighted by atomic mass is 16.3. The third-order valence-corrected chi connectivity index (χ3v) is 2.67. The summed E-state index contributed by atoms with van der Waals surface area (Å²) in [5, 5.41) is 12.5. The van der Waals surface area contributed by atoms with E-state index in [9.17, 15) is 5.11 Å². The fourth-order valence-electron chi connectivity index (χ4n) is 1.78. The zero-order valence-electron chi connectivity index (χ0n) is 11.1. The lowest BCUT2D eigenvalue weighted by atomic mass is 10.1. The van der Waals surface area contributed by atoms with Crippen LogP contribution in [0.4, 0.5) is 11.6 Å². The predicted octanol–water partition coefficient (Wildman–Crippen LogP) is 1.29. The number of nitrogens with one attached hydrogen (secondary N) is 2. The Morgan fingerprint density at radius 3 is 2.72 bits per heavy atom. The van der Waals surface area contributed by atoms with Gasteiger partial charge in [-0.25, -0.2) is 15.8 Å². The van der Waals surface area contributed by atoms with Crippen LogP contribution < -0.4 is 16.6 Å². The van der Waals surface area contributed by atoms with Crippen molar-refractivity contribution in [2.24, 2.45) is 5.84 Å². The van der Waals surface area contributed by atoms with Crippen molar-refractivity contribution in [2.45, 2.75) is 45.6 Å². The van der Waals surface area contributed by atoms with Crippen molar-refractivity contribution >= 4 is 11.6 Å². The van der Waals surface area contributed by atoms with Crippen LogP contribution in [0.2, 0.25) is 0 Å². The number of aromatic nitrogens is 2. The zero-order chi connectivity index (χ0) is 13.4. The van der Waals surface area contributed by atoms with E-state index in [1.807, 2.05) is 0 Å². The Balaban J connectivity index is 2.63. The number of hydrogen-bond donors (Lipinski definition) is 4. The molecule has 1 rings (SSSR count). The Bertz CT molecular complexity index is 356. The molecule has 0 spiro atoms. The summed E-state index contributed by atoms with van der Waals surface area (Å²) < 4.78 is 0. The second-order valence-corrected chi connectivity index (χ2v) is 4.36. The van der Waals surface area contributed by atoms with Crippen molar-refractivity contribution in [1.82, 2.24) is 9.97 Å². The monoisotopic (exact) mass is 253 g/mol. The molecule has 1 heterocycles. The van der Waals surface area contributed by atoms with Crippen molar-refractivity contribution in [3.8, 4) is 0 Å². The molecular formula is C12H23N5O. The normalized spacial score (nSPS) is 12.2. The first-order valence-corrected chi connectivity index (χ1v) is 6.41. The molecule has 0 saturated heterocycles. The number of nitrogens with zero attached hydrogens (tertiary/aromatic N) is 2. The zero-order valence-corrected chi connectivity index (χ0v) is 11.1. The van der Waals surface area contributed by atoms with Gasteiger partial charge in [0.05, 0.1) is 6.10 Å². The Morgan fingerprint density at radius 1 is 1.39 bits per heavy atom. The highest BCUT2D eigenvalue weighted by Gasteiger charge is 2.09. The van der Waals surface area contributed by atoms with Gasteiger partial charge >= 0.3 is 0 Å². The molecular weight excluding hydrogens is 230 g/mol. The molecule has 5 N–H and O–H groups in total. The Labute approximate surface area is 108 Å². The van der Waals surface area contributed by atoms with Crippen molar-refractivity contribution in [2.75, 3.05) is 17.3 Å². The predicted molar refractivity (Wildman–Crippen MR) is 73.2 cm³/mol. The van der Waals surface area contributed by atoms with Crippen LogP contribution in [-0.4, -0.2) is 27.7 Å². The van der Waals surface area contributed by atoms with Gasteiger partial charge in [0.25, 0.3) is 0 Å². The highest BCUT2D eigenvalue weighted by Crippen LogP contribution is 2.20. The summed E-state index contributed by atoms with van der Waals surface area (Å²) >= 11 is 0. The van der Waals surface area contributed by atoms with E-state index in [2.05, 4.69) is 27.6 Å². The van der Waals surface area contributed by atoms with E-state index in [1.54, 1.807) is 6.92 Å². The van der Waals surface area contributed by atoms with Gasteiger partial charge in [-0.2, -0.15) is 0 Å². The minimum atomic E-state index is -0.256. The van der Waals surface area contributed by atoms with E-state index in [4.69, 9.17) is 5.84 Å². The third kappa shape index (κ3) is 4.46. The summed E-state index contributed by atoms with van der Waals surface area (Å²) in [5.74, 6) is 6.94. The van der Waals surface area contributed by atoms with Gasteiger partial charge < -0.3 is 15.8 Å². The van der Waals surface area contributed by atoms with Gasteiger partial charge in [-0.1, -0.05) is 13.3 Å². The van der Waals surface area contributed by atoms with Crippen LogP contribution >= 0.6 is 0 Å². The number of rotatable bonds is 8. The van der Waals surface area contributed by atoms with Gasteiger partial charge in [0.15, 0.2) is 0 Å². The fraction of sp³-hybridized carbons (Fsp3) is 0.667. The number of aliphatic hydroxyl groups excluding tert-OH is 1. The first-order valence-electron chi connectivity index (χ1n) is 6.41. The van der Waals surface area contributed by atoms with Crippen LogP contribution in [0.25, 0.3) is 0 Å². The first-order chi connectivity index (χ1) is 8.69. The number of nitrogen functional groups attached to an aromatic ring is 1. The molecule has 1 unspecified atom stereocenters. The lowest BCUT2D eigenvalue weighted by molar-refractivity contribution is 0.183. The van der Waals surface area contributed by atoms with Crippen molar-refractivity contribution < 1.29 is 5.11 Å². The van der Waals surface area contributed by atoms with Gasteiger partial charge in [0.2, 0.25) is 0 Å². The standard InChI is InChI=1S/C12H23N5O/c1-3-5-10-11(14-7-4-6-9(2)18)15-8-16-12(10)17-13/h8-9,18H,3-7,13H2,1-2H3,(H2,14,15,16,17). The minimum Gasteiger partial charge on any atom is -0.393 e. The molecule has 1 atom stereocenters. The lowest BCUT2D eigenvalue weighted by Gasteiger charge is -2.13. The van der Waals surface area contributed by atoms with Crippen molar-refractivity contribution in [3.63, 3.8) is 0 Å². The summed E-state index contributed by atoms with van der Waals surface area (Å²) in [6.07, 6.45) is 4.80. The Hall–Kier alpha value is -1.40. The molecule has 0 bridgehead atoms. The molecule has 6 nitrogen and oxygen atoms in total. The maximum Gasteiger partial charge on any atom is 0.148 e. The summed E-state index contributed by atoms with van der Waals surface area (Å²) in [6, 6.07) is 0. The second-order valence-electron chi connectivity index (χ2n) is 4.36. The van der Waals surface area contributed by atoms with Crippen LogP contribution in [-0.2, 0) is 6.42 Å². The molecule has 0 aliphatic heterocycles. The van der Waals surface area contributed by atoms with Crippen LogP contribution in [0.5, 0.6) is 0 Å². The SMILES string of the molecule is CCCc1c(NN)ncnc1NCCCC(C)O. The third-order valence-electron chi connectivity index (χ3n) is 2.67. The van der Waals surface area contributed by atoms with E-state index in [0.29, 0.717) is 5.82 Å². The topological polar surface area (TPSA) is 96.1 Å². The molecule has 0 fully saturated rings. The van der Waals surface area contributed by atoms with Gasteiger partial charge in [0.1, 0.15) is 18.0 Å². The van der Waals surface area contributed by atoms with Crippen LogP contribution in [0, 0.1) is 0 Å². The molecule has 0 aliphatic rings. The lowest BCUT2D eigenvalue weighted by Crippen LogP contribution is -2.15. The van der Waals surface area contributed by atoms with Crippen molar-refractivity contribution in [3.05, 3.63) is 11.9 Å². The maximum atomic E-state index is 9.19. The average molecular weight is 253 g/mol. The van der Waals surface area contributed by atoms with Crippen LogP contribution in [0.1, 0.15) is 38.7 Å². The molecule has 0 aliphatic carbocycles. The fourth-order valence-corrected chi connectivity index (χ4v) is 1.78. The smallest absolute Gasteiger partial charge is 0.148 e. The average Bonchev–Trinajstić information content (AvgIpc) is 2.36. The number of nitrogens with two attached hydrogens (primary N) is 1. The second kappa shape index (κ2) is 7.84. The molecule has 102 valence electrons. The molecule has 0 radical (unpaired) electrons. The van der Waals surface area contributed by atoms with Gasteiger partial charge in [-0.3, -0.25) is 0 Å². The van der Waals surface area contributed by atoms with Crippen LogP contribution in [0.3, 0.4) is 0 Å². The molecule has 0 saturated carbocycles. The first kappa shape index (κ1) is 14.7. The van der Waals surface area contributed by atoms with E-state index in [1.165, 1.54) is 6.33 Å². The molecule has 6 heteroatoms. The molecule has 1 aromatic rings. The Morgan fingerprint density at radius 2 is 2.11 bits per heavy atom. The molecule has 0 amide bonds. The van der Waals surface area contributed by atoms with Crippen LogP contribution in [0.15, 0.2) is 6.33 Å². The van der Waals surface area contributed by atoms with Gasteiger partial charge in [0, 0.05) is 12.1 Å². The molecule has 0 aromatic carbocycles. The number of anilines is 2. The molecule has 18 heavy (non-hydrogen) atoms. The minimum absolute atomic E-state index is 0.256. The Kier molecular flexibility index (Phi) is 6.38. The summed E-state index contributed by atoms with van der Waals surface area (Å²) in [6.45, 7) is 4.68. The maximum absolute atomic E-state index is 9.19. The number of aliphatic hydroxyl groups is 1. The summed E-state index contributed by atoms with van der Waals surface area (Å²) in [4.78, 5) is 8.35. The van der Waals surface area contributed by atoms with Crippen molar-refractivity contribution in [1.29, 1.82) is 0 Å². The number of hydrazine groups is 1. The van der Waals surface area contributed by atoms with E-state index >= 15 is 0 Å². The van der Waals surface area contributed by atoms with E-state index in [-0.39, 0.29) is 6.10 Å². The quantitative estimate of drug-likeness (QED) is 0.317. The van der Waals surface area contributed by atoms with E-state index < -0.39 is 0 Å². The summed E-state index contributed by atoms with van der Waals surface area (Å²) in [7, 11) is 0. The van der Waals surface area contributed by atoms with E-state index in [0.717, 1.165) is 43.6 Å². The van der Waals surface area contributed by atoms with Gasteiger partial charge in [-0.05, 0) is 26.2 Å². The molecule has 1 aromatic heterocycles. The highest BCUT2D eigenvalue weighted by molar-refractivity contribution is 5.56. The van der Waals surface area contributed by atoms with Gasteiger partial charge in [-0.15, -0.1) is 0 Å². The summed E-state index contributed by atoms with van der Waals surface area (Å²) in [5.41, 5.74) is 3.61. The number of hydrogen-bond acceptors (Lipinski definition) is 6. The largest absolute Gasteiger partial charge is 0.393 e.